The van der Waals surface area contributed by atoms with Gasteiger partial charge in [0.1, 0.15) is 0 Å². The number of thioether (sulfide) groups is 1. The van der Waals surface area contributed by atoms with Gasteiger partial charge in [-0.05, 0) is 48.9 Å². The van der Waals surface area contributed by atoms with Crippen molar-refractivity contribution in [2.75, 3.05) is 10.7 Å². The van der Waals surface area contributed by atoms with Gasteiger partial charge in [-0.15, -0.1) is 11.3 Å². The molecular formula is C26H23N3O3S2. The molecule has 1 aliphatic heterocycles. The van der Waals surface area contributed by atoms with Crippen molar-refractivity contribution in [3.8, 4) is 0 Å². The van der Waals surface area contributed by atoms with Gasteiger partial charge in [-0.3, -0.25) is 14.4 Å². The maximum Gasteiger partial charge on any atom is 0.238 e. The molecule has 1 saturated heterocycles. The standard InChI is InChI=1S/C26H23N3O3S2/c1-14-2-4-15(5-3-14)12-27-21(30)13-33-26-28-19-9-8-18(11-20(19)34-26)29-24(31)22-16-6-7-17(10-16)23(22)25(29)32/h2-9,11,16-17,22-23H,10,12-13H2,1H3,(H,27,30)/t16-,17-,22-,23-/m0/s1. The van der Waals surface area contributed by atoms with E-state index >= 15 is 0 Å². The van der Waals surface area contributed by atoms with E-state index in [4.69, 9.17) is 0 Å². The smallest absolute Gasteiger partial charge is 0.238 e. The third-order valence-corrected chi connectivity index (χ3v) is 9.18. The molecule has 4 atom stereocenters. The van der Waals surface area contributed by atoms with E-state index in [1.807, 2.05) is 43.3 Å². The molecule has 0 spiro atoms. The molecule has 3 aromatic rings. The summed E-state index contributed by atoms with van der Waals surface area (Å²) in [7, 11) is 0. The molecule has 6 rings (SSSR count). The van der Waals surface area contributed by atoms with Crippen LogP contribution in [-0.2, 0) is 20.9 Å². The molecule has 34 heavy (non-hydrogen) atoms. The Morgan fingerprint density at radius 3 is 2.50 bits per heavy atom. The van der Waals surface area contributed by atoms with Crippen molar-refractivity contribution in [1.29, 1.82) is 0 Å². The SMILES string of the molecule is Cc1ccc(CNC(=O)CSc2nc3ccc(N4C(=O)[C@@H]5[C@@H](C4=O)[C@H]4C=C[C@H]5C4)cc3s2)cc1. The quantitative estimate of drug-likeness (QED) is 0.317. The first kappa shape index (κ1) is 21.6. The van der Waals surface area contributed by atoms with Crippen LogP contribution in [0.2, 0.25) is 0 Å². The van der Waals surface area contributed by atoms with Gasteiger partial charge < -0.3 is 5.32 Å². The van der Waals surface area contributed by atoms with E-state index in [0.29, 0.717) is 12.2 Å². The molecule has 1 N–H and O–H groups in total. The van der Waals surface area contributed by atoms with Crippen LogP contribution < -0.4 is 10.2 Å². The summed E-state index contributed by atoms with van der Waals surface area (Å²) < 4.78 is 1.69. The highest BCUT2D eigenvalue weighted by Crippen LogP contribution is 2.53. The van der Waals surface area contributed by atoms with Gasteiger partial charge in [-0.1, -0.05) is 53.7 Å². The van der Waals surface area contributed by atoms with Crippen LogP contribution in [0, 0.1) is 30.6 Å². The number of nitrogens with one attached hydrogen (secondary N) is 1. The third-order valence-electron chi connectivity index (χ3n) is 7.02. The summed E-state index contributed by atoms with van der Waals surface area (Å²) in [5.74, 6) is 0.0707. The molecule has 1 saturated carbocycles. The Hall–Kier alpha value is -2.97. The maximum atomic E-state index is 13.1. The van der Waals surface area contributed by atoms with Gasteiger partial charge >= 0.3 is 0 Å². The lowest BCUT2D eigenvalue weighted by Gasteiger charge is -2.17. The Balaban J connectivity index is 1.12. The first-order chi connectivity index (χ1) is 16.5. The molecule has 3 amide bonds. The van der Waals surface area contributed by atoms with Crippen molar-refractivity contribution in [2.24, 2.45) is 23.7 Å². The topological polar surface area (TPSA) is 79.4 Å². The summed E-state index contributed by atoms with van der Waals surface area (Å²) in [4.78, 5) is 44.5. The summed E-state index contributed by atoms with van der Waals surface area (Å²) >= 11 is 2.87. The molecule has 1 aromatic heterocycles. The van der Waals surface area contributed by atoms with Gasteiger partial charge in [0, 0.05) is 6.54 Å². The second-order valence-corrected chi connectivity index (χ2v) is 11.4. The molecular weight excluding hydrogens is 466 g/mol. The number of amides is 3. The second-order valence-electron chi connectivity index (χ2n) is 9.19. The molecule has 2 fully saturated rings. The van der Waals surface area contributed by atoms with Crippen LogP contribution in [0.1, 0.15) is 17.5 Å². The first-order valence-electron chi connectivity index (χ1n) is 11.4. The first-order valence-corrected chi connectivity index (χ1v) is 13.2. The van der Waals surface area contributed by atoms with Crippen LogP contribution in [0.3, 0.4) is 0 Å². The van der Waals surface area contributed by atoms with Crippen molar-refractivity contribution in [3.05, 3.63) is 65.7 Å². The van der Waals surface area contributed by atoms with E-state index in [1.165, 1.54) is 33.6 Å². The molecule has 2 heterocycles. The third kappa shape index (κ3) is 3.65. The molecule has 0 radical (unpaired) electrons. The lowest BCUT2D eigenvalue weighted by Crippen LogP contribution is -2.32. The van der Waals surface area contributed by atoms with E-state index in [2.05, 4.69) is 22.5 Å². The van der Waals surface area contributed by atoms with Gasteiger partial charge in [0.05, 0.1) is 33.5 Å². The van der Waals surface area contributed by atoms with E-state index in [1.54, 1.807) is 6.07 Å². The molecule has 172 valence electrons. The normalized spacial score (nSPS) is 24.9. The zero-order valence-electron chi connectivity index (χ0n) is 18.6. The maximum absolute atomic E-state index is 13.1. The number of imide groups is 1. The Kier molecular flexibility index (Phi) is 5.30. The van der Waals surface area contributed by atoms with Crippen LogP contribution in [-0.4, -0.2) is 28.5 Å². The molecule has 0 unspecified atom stereocenters. The van der Waals surface area contributed by atoms with Crippen molar-refractivity contribution >= 4 is 56.7 Å². The van der Waals surface area contributed by atoms with E-state index in [0.717, 1.165) is 26.5 Å². The summed E-state index contributed by atoms with van der Waals surface area (Å²) in [5.41, 5.74) is 3.68. The Labute approximate surface area is 205 Å². The Bertz CT molecular complexity index is 1320. The zero-order valence-corrected chi connectivity index (χ0v) is 20.2. The van der Waals surface area contributed by atoms with Gasteiger partial charge in [-0.2, -0.15) is 0 Å². The number of thiazole rings is 1. The number of aromatic nitrogens is 1. The monoisotopic (exact) mass is 489 g/mol. The Morgan fingerprint density at radius 1 is 1.09 bits per heavy atom. The lowest BCUT2D eigenvalue weighted by atomic mass is 9.85. The van der Waals surface area contributed by atoms with E-state index in [9.17, 15) is 14.4 Å². The molecule has 2 aromatic carbocycles. The minimum atomic E-state index is -0.204. The summed E-state index contributed by atoms with van der Waals surface area (Å²) in [6.45, 7) is 2.53. The largest absolute Gasteiger partial charge is 0.351 e. The zero-order chi connectivity index (χ0) is 23.4. The molecule has 2 bridgehead atoms. The summed E-state index contributed by atoms with van der Waals surface area (Å²) in [6, 6.07) is 13.6. The number of anilines is 1. The number of rotatable bonds is 6. The molecule has 8 heteroatoms. The fraction of sp³-hybridized carbons (Fsp3) is 0.308. The number of allylic oxidation sites excluding steroid dienone is 2. The Morgan fingerprint density at radius 2 is 1.79 bits per heavy atom. The lowest BCUT2D eigenvalue weighted by molar-refractivity contribution is -0.123. The van der Waals surface area contributed by atoms with Crippen LogP contribution in [0.25, 0.3) is 10.2 Å². The van der Waals surface area contributed by atoms with Crippen LogP contribution in [0.5, 0.6) is 0 Å². The van der Waals surface area contributed by atoms with Gasteiger partial charge in [-0.25, -0.2) is 9.88 Å². The van der Waals surface area contributed by atoms with Crippen LogP contribution >= 0.6 is 23.1 Å². The van der Waals surface area contributed by atoms with Crippen molar-refractivity contribution < 1.29 is 14.4 Å². The fourth-order valence-electron chi connectivity index (χ4n) is 5.33. The number of carbonyl (C=O) groups is 3. The molecule has 2 aliphatic carbocycles. The number of fused-ring (bicyclic) bond motifs is 6. The molecule has 6 nitrogen and oxygen atoms in total. The van der Waals surface area contributed by atoms with Gasteiger partial charge in [0.15, 0.2) is 4.34 Å². The number of hydrogen-bond acceptors (Lipinski definition) is 6. The number of aryl methyl sites for hydroxylation is 1. The van der Waals surface area contributed by atoms with Gasteiger partial charge in [0.2, 0.25) is 17.7 Å². The van der Waals surface area contributed by atoms with Crippen LogP contribution in [0.4, 0.5) is 5.69 Å². The average Bonchev–Trinajstić information content (AvgIpc) is 3.60. The number of hydrogen-bond donors (Lipinski definition) is 1. The highest BCUT2D eigenvalue weighted by Gasteiger charge is 2.59. The summed E-state index contributed by atoms with van der Waals surface area (Å²) in [6.07, 6.45) is 5.13. The van der Waals surface area contributed by atoms with Crippen molar-refractivity contribution in [1.82, 2.24) is 10.3 Å². The predicted molar refractivity (Wildman–Crippen MR) is 134 cm³/mol. The number of nitrogens with zero attached hydrogens (tertiary/aromatic N) is 2. The minimum Gasteiger partial charge on any atom is -0.351 e. The molecule has 3 aliphatic rings. The number of benzene rings is 2. The van der Waals surface area contributed by atoms with Crippen molar-refractivity contribution in [2.45, 2.75) is 24.2 Å². The van der Waals surface area contributed by atoms with E-state index in [-0.39, 0.29) is 47.1 Å². The average molecular weight is 490 g/mol. The fourth-order valence-corrected chi connectivity index (χ4v) is 7.27. The second kappa shape index (κ2) is 8.36. The van der Waals surface area contributed by atoms with Crippen molar-refractivity contribution in [3.63, 3.8) is 0 Å². The van der Waals surface area contributed by atoms with Gasteiger partial charge in [0.25, 0.3) is 0 Å². The predicted octanol–water partition coefficient (Wildman–Crippen LogP) is 4.32. The van der Waals surface area contributed by atoms with Crippen LogP contribution in [0.15, 0.2) is 59.0 Å². The summed E-state index contributed by atoms with van der Waals surface area (Å²) in [5, 5.41) is 2.94. The number of carbonyl (C=O) groups excluding carboxylic acids is 3. The van der Waals surface area contributed by atoms with E-state index < -0.39 is 0 Å². The minimum absolute atomic E-state index is 0.0476. The highest BCUT2D eigenvalue weighted by atomic mass is 32.2. The highest BCUT2D eigenvalue weighted by molar-refractivity contribution is 8.01.